The minimum absolute atomic E-state index is 0.159. The highest BCUT2D eigenvalue weighted by Crippen LogP contribution is 2.16. The van der Waals surface area contributed by atoms with Crippen molar-refractivity contribution in [3.05, 3.63) is 54.0 Å². The Morgan fingerprint density at radius 2 is 2.09 bits per heavy atom. The number of carboxylic acids is 1. The fourth-order valence-electron chi connectivity index (χ4n) is 2.43. The number of aryl methyl sites for hydroxylation is 1. The number of carbonyl (C=O) groups is 1. The molecular weight excluding hydrogens is 294 g/mol. The molecule has 6 nitrogen and oxygen atoms in total. The number of benzene rings is 1. The van der Waals surface area contributed by atoms with Crippen LogP contribution in [-0.4, -0.2) is 32.2 Å². The maximum atomic E-state index is 11.1. The summed E-state index contributed by atoms with van der Waals surface area (Å²) in [7, 11) is 0. The van der Waals surface area contributed by atoms with Gasteiger partial charge in [0, 0.05) is 12.6 Å². The van der Waals surface area contributed by atoms with E-state index >= 15 is 0 Å². The van der Waals surface area contributed by atoms with Gasteiger partial charge in [-0.1, -0.05) is 18.2 Å². The first-order valence-corrected chi connectivity index (χ1v) is 7.35. The monoisotopic (exact) mass is 311 g/mol. The number of nitrogens with zero attached hydrogens (tertiary/aromatic N) is 3. The van der Waals surface area contributed by atoms with E-state index in [-0.39, 0.29) is 6.54 Å². The third-order valence-electron chi connectivity index (χ3n) is 3.43. The second kappa shape index (κ2) is 6.48. The molecule has 23 heavy (non-hydrogen) atoms. The van der Waals surface area contributed by atoms with E-state index in [1.165, 1.54) is 0 Å². The predicted molar refractivity (Wildman–Crippen MR) is 85.5 cm³/mol. The molecule has 3 rings (SSSR count). The van der Waals surface area contributed by atoms with Crippen molar-refractivity contribution in [2.75, 3.05) is 6.61 Å². The molecule has 2 heterocycles. The molecule has 0 amide bonds. The third-order valence-corrected chi connectivity index (χ3v) is 3.43. The lowest BCUT2D eigenvalue weighted by Crippen LogP contribution is -2.14. The molecule has 0 saturated heterocycles. The van der Waals surface area contributed by atoms with E-state index in [1.54, 1.807) is 10.8 Å². The molecule has 0 saturated carbocycles. The van der Waals surface area contributed by atoms with E-state index in [2.05, 4.69) is 9.97 Å². The SMILES string of the molecule is Cc1cnc2c(c1)nc(CCOc1ccccc1)n2CC(=O)O. The van der Waals surface area contributed by atoms with Crippen LogP contribution in [0.1, 0.15) is 11.4 Å². The summed E-state index contributed by atoms with van der Waals surface area (Å²) in [5, 5.41) is 9.12. The van der Waals surface area contributed by atoms with Gasteiger partial charge in [-0.05, 0) is 30.7 Å². The zero-order chi connectivity index (χ0) is 16.2. The topological polar surface area (TPSA) is 77.2 Å². The van der Waals surface area contributed by atoms with Crippen LogP contribution in [0.25, 0.3) is 11.2 Å². The van der Waals surface area contributed by atoms with Crippen molar-refractivity contribution in [1.82, 2.24) is 14.5 Å². The van der Waals surface area contributed by atoms with Gasteiger partial charge in [0.15, 0.2) is 5.65 Å². The Morgan fingerprint density at radius 1 is 1.30 bits per heavy atom. The van der Waals surface area contributed by atoms with Gasteiger partial charge in [0.25, 0.3) is 0 Å². The fourth-order valence-corrected chi connectivity index (χ4v) is 2.43. The molecular formula is C17H17N3O3. The van der Waals surface area contributed by atoms with E-state index in [4.69, 9.17) is 9.84 Å². The molecule has 0 aliphatic carbocycles. The smallest absolute Gasteiger partial charge is 0.323 e. The Balaban J connectivity index is 1.82. The molecule has 0 unspecified atom stereocenters. The number of ether oxygens (including phenoxy) is 1. The van der Waals surface area contributed by atoms with Gasteiger partial charge in [-0.3, -0.25) is 4.79 Å². The molecule has 0 aliphatic rings. The number of hydrogen-bond acceptors (Lipinski definition) is 4. The second-order valence-corrected chi connectivity index (χ2v) is 5.27. The molecule has 6 heteroatoms. The van der Waals surface area contributed by atoms with Crippen molar-refractivity contribution in [3.63, 3.8) is 0 Å². The number of para-hydroxylation sites is 1. The van der Waals surface area contributed by atoms with Crippen molar-refractivity contribution >= 4 is 17.1 Å². The average molecular weight is 311 g/mol. The maximum Gasteiger partial charge on any atom is 0.323 e. The summed E-state index contributed by atoms with van der Waals surface area (Å²) in [5.41, 5.74) is 2.29. The third kappa shape index (κ3) is 3.48. The standard InChI is InChI=1S/C17H17N3O3/c1-12-9-14-17(18-10-12)20(11-16(21)22)15(19-14)7-8-23-13-5-3-2-4-6-13/h2-6,9-10H,7-8,11H2,1H3,(H,21,22). The zero-order valence-corrected chi connectivity index (χ0v) is 12.8. The van der Waals surface area contributed by atoms with Crippen molar-refractivity contribution in [3.8, 4) is 5.75 Å². The molecule has 0 fully saturated rings. The van der Waals surface area contributed by atoms with Gasteiger partial charge in [0.1, 0.15) is 23.6 Å². The quantitative estimate of drug-likeness (QED) is 0.756. The Morgan fingerprint density at radius 3 is 2.83 bits per heavy atom. The molecule has 0 spiro atoms. The number of fused-ring (bicyclic) bond motifs is 1. The summed E-state index contributed by atoms with van der Waals surface area (Å²) in [6.07, 6.45) is 2.23. The van der Waals surface area contributed by atoms with E-state index in [0.717, 1.165) is 11.3 Å². The van der Waals surface area contributed by atoms with Gasteiger partial charge in [-0.15, -0.1) is 0 Å². The molecule has 0 radical (unpaired) electrons. The van der Waals surface area contributed by atoms with E-state index in [1.807, 2.05) is 43.3 Å². The van der Waals surface area contributed by atoms with Gasteiger partial charge in [0.05, 0.1) is 6.61 Å². The molecule has 0 atom stereocenters. The molecule has 0 bridgehead atoms. The van der Waals surface area contributed by atoms with Gasteiger partial charge in [-0.25, -0.2) is 9.97 Å². The number of hydrogen-bond donors (Lipinski definition) is 1. The van der Waals surface area contributed by atoms with Crippen LogP contribution in [0.2, 0.25) is 0 Å². The van der Waals surface area contributed by atoms with Gasteiger partial charge in [-0.2, -0.15) is 0 Å². The largest absolute Gasteiger partial charge is 0.493 e. The molecule has 0 aliphatic heterocycles. The first-order chi connectivity index (χ1) is 11.1. The highest BCUT2D eigenvalue weighted by atomic mass is 16.5. The van der Waals surface area contributed by atoms with Crippen LogP contribution in [0.15, 0.2) is 42.6 Å². The Kier molecular flexibility index (Phi) is 4.23. The summed E-state index contributed by atoms with van der Waals surface area (Å²) >= 11 is 0. The summed E-state index contributed by atoms with van der Waals surface area (Å²) in [5.74, 6) is 0.524. The number of rotatable bonds is 6. The fraction of sp³-hybridized carbons (Fsp3) is 0.235. The highest BCUT2D eigenvalue weighted by molar-refractivity contribution is 5.75. The van der Waals surface area contributed by atoms with Crippen molar-refractivity contribution in [1.29, 1.82) is 0 Å². The minimum Gasteiger partial charge on any atom is -0.493 e. The zero-order valence-electron chi connectivity index (χ0n) is 12.8. The average Bonchev–Trinajstić information content (AvgIpc) is 2.85. The molecule has 1 aromatic carbocycles. The van der Waals surface area contributed by atoms with Crippen LogP contribution >= 0.6 is 0 Å². The number of aliphatic carboxylic acids is 1. The van der Waals surface area contributed by atoms with Gasteiger partial charge in [0.2, 0.25) is 0 Å². The Hall–Kier alpha value is -2.89. The first kappa shape index (κ1) is 15.0. The van der Waals surface area contributed by atoms with Crippen LogP contribution in [0.3, 0.4) is 0 Å². The van der Waals surface area contributed by atoms with Crippen LogP contribution < -0.4 is 4.74 Å². The Bertz CT molecular complexity index is 828. The van der Waals surface area contributed by atoms with Crippen LogP contribution in [-0.2, 0) is 17.8 Å². The lowest BCUT2D eigenvalue weighted by molar-refractivity contribution is -0.137. The van der Waals surface area contributed by atoms with Crippen LogP contribution in [0, 0.1) is 6.92 Å². The van der Waals surface area contributed by atoms with Crippen molar-refractivity contribution in [2.45, 2.75) is 19.9 Å². The second-order valence-electron chi connectivity index (χ2n) is 5.27. The van der Waals surface area contributed by atoms with E-state index in [9.17, 15) is 4.79 Å². The van der Waals surface area contributed by atoms with Crippen molar-refractivity contribution < 1.29 is 14.6 Å². The predicted octanol–water partition coefficient (Wildman–Crippen LogP) is 2.45. The number of carboxylic acid groups (broad SMARTS) is 1. The Labute approximate surface area is 133 Å². The van der Waals surface area contributed by atoms with E-state index in [0.29, 0.717) is 30.0 Å². The maximum absolute atomic E-state index is 11.1. The summed E-state index contributed by atoms with van der Waals surface area (Å²) in [6, 6.07) is 11.4. The first-order valence-electron chi connectivity index (χ1n) is 7.35. The molecule has 118 valence electrons. The lowest BCUT2D eigenvalue weighted by Gasteiger charge is -2.07. The summed E-state index contributed by atoms with van der Waals surface area (Å²) < 4.78 is 7.30. The molecule has 1 N–H and O–H groups in total. The number of imidazole rings is 1. The lowest BCUT2D eigenvalue weighted by atomic mass is 10.3. The molecule has 3 aromatic rings. The highest BCUT2D eigenvalue weighted by Gasteiger charge is 2.14. The van der Waals surface area contributed by atoms with Crippen LogP contribution in [0.5, 0.6) is 5.75 Å². The summed E-state index contributed by atoms with van der Waals surface area (Å²) in [6.45, 7) is 2.19. The van der Waals surface area contributed by atoms with Crippen LogP contribution in [0.4, 0.5) is 0 Å². The van der Waals surface area contributed by atoms with Gasteiger partial charge >= 0.3 is 5.97 Å². The normalized spacial score (nSPS) is 10.8. The number of aromatic nitrogens is 3. The number of pyridine rings is 1. The van der Waals surface area contributed by atoms with E-state index < -0.39 is 5.97 Å². The molecule has 2 aromatic heterocycles. The minimum atomic E-state index is -0.920. The van der Waals surface area contributed by atoms with Gasteiger partial charge < -0.3 is 14.4 Å². The van der Waals surface area contributed by atoms with Crippen molar-refractivity contribution in [2.24, 2.45) is 0 Å². The summed E-state index contributed by atoms with van der Waals surface area (Å²) in [4.78, 5) is 19.9.